The molecule has 0 heteroatoms. The van der Waals surface area contributed by atoms with E-state index in [1.807, 2.05) is 0 Å². The molecular weight excluding hydrogens is 264 g/mol. The molecule has 0 N–H and O–H groups in total. The molecule has 22 heavy (non-hydrogen) atoms. The second kappa shape index (κ2) is 5.12. The third-order valence-corrected chi connectivity index (χ3v) is 5.60. The summed E-state index contributed by atoms with van der Waals surface area (Å²) in [6.45, 7) is 13.7. The summed E-state index contributed by atoms with van der Waals surface area (Å²) in [7, 11) is 0. The Hall–Kier alpha value is -1.82. The van der Waals surface area contributed by atoms with E-state index in [4.69, 9.17) is 0 Å². The maximum atomic E-state index is 3.60. The Morgan fingerprint density at radius 2 is 1.64 bits per heavy atom. The van der Waals surface area contributed by atoms with Crippen molar-refractivity contribution in [2.75, 3.05) is 0 Å². The van der Waals surface area contributed by atoms with Crippen LogP contribution in [0.15, 0.2) is 58.2 Å². The Morgan fingerprint density at radius 3 is 2.23 bits per heavy atom. The Kier molecular flexibility index (Phi) is 3.51. The maximum Gasteiger partial charge on any atom is 0.0117 e. The fourth-order valence-electron chi connectivity index (χ4n) is 3.91. The second-order valence-corrected chi connectivity index (χ2v) is 7.06. The zero-order valence-electron chi connectivity index (χ0n) is 14.6. The predicted octanol–water partition coefficient (Wildman–Crippen LogP) is 6.20. The van der Waals surface area contributed by atoms with Crippen molar-refractivity contribution in [3.05, 3.63) is 75.4 Å². The van der Waals surface area contributed by atoms with E-state index in [0.29, 0.717) is 0 Å². The van der Waals surface area contributed by atoms with Crippen molar-refractivity contribution in [2.45, 2.75) is 48.0 Å². The van der Waals surface area contributed by atoms with Crippen molar-refractivity contribution < 1.29 is 0 Å². The molecule has 2 aliphatic rings. The Balaban J connectivity index is 2.12. The van der Waals surface area contributed by atoms with Crippen molar-refractivity contribution in [1.82, 2.24) is 0 Å². The molecule has 0 aromatic heterocycles. The van der Waals surface area contributed by atoms with Crippen LogP contribution in [-0.4, -0.2) is 0 Å². The number of hydrogen-bond donors (Lipinski definition) is 0. The van der Waals surface area contributed by atoms with Crippen LogP contribution in [0, 0.1) is 18.4 Å². The molecule has 0 atom stereocenters. The first kappa shape index (κ1) is 15.1. The van der Waals surface area contributed by atoms with Gasteiger partial charge in [0.2, 0.25) is 0 Å². The van der Waals surface area contributed by atoms with Gasteiger partial charge in [-0.05, 0) is 79.2 Å². The highest BCUT2D eigenvalue weighted by atomic mass is 14.4. The molecule has 0 heterocycles. The Labute approximate surface area is 135 Å². The molecule has 1 radical (unpaired) electrons. The van der Waals surface area contributed by atoms with E-state index >= 15 is 0 Å². The first-order valence-electron chi connectivity index (χ1n) is 8.13. The summed E-state index contributed by atoms with van der Waals surface area (Å²) in [5.74, 6) is 0. The van der Waals surface area contributed by atoms with E-state index < -0.39 is 0 Å². The van der Waals surface area contributed by atoms with Gasteiger partial charge in [-0.3, -0.25) is 0 Å². The molecule has 0 saturated carbocycles. The predicted molar refractivity (Wildman–Crippen MR) is 95.4 cm³/mol. The highest BCUT2D eigenvalue weighted by Crippen LogP contribution is 2.52. The van der Waals surface area contributed by atoms with Crippen molar-refractivity contribution in [3.63, 3.8) is 0 Å². The standard InChI is InChI=1S/C22H25/c1-14-10-7-8-11-18(14)19-12-9-13-20(19)21-16(3)15(2)17(4)22(21,5)6/h7-8,10-11,13H,9H2,1-6H3. The molecule has 0 spiro atoms. The number of aryl methyl sites for hydroxylation is 1. The van der Waals surface area contributed by atoms with E-state index in [0.717, 1.165) is 6.42 Å². The van der Waals surface area contributed by atoms with E-state index in [1.165, 1.54) is 44.6 Å². The summed E-state index contributed by atoms with van der Waals surface area (Å²) in [5.41, 5.74) is 11.3. The van der Waals surface area contributed by atoms with Crippen molar-refractivity contribution >= 4 is 5.57 Å². The number of allylic oxidation sites excluding steroid dienone is 8. The fraction of sp³-hybridized carbons (Fsp3) is 0.364. The van der Waals surface area contributed by atoms with Gasteiger partial charge in [0.15, 0.2) is 0 Å². The van der Waals surface area contributed by atoms with Crippen molar-refractivity contribution in [2.24, 2.45) is 5.41 Å². The molecule has 0 fully saturated rings. The smallest absolute Gasteiger partial charge is 0.0117 e. The van der Waals surface area contributed by atoms with Gasteiger partial charge in [-0.1, -0.05) is 49.8 Å². The summed E-state index contributed by atoms with van der Waals surface area (Å²) in [6, 6.07) is 8.65. The van der Waals surface area contributed by atoms with Gasteiger partial charge in [0.1, 0.15) is 0 Å². The number of hydrogen-bond acceptors (Lipinski definition) is 0. The van der Waals surface area contributed by atoms with Gasteiger partial charge >= 0.3 is 0 Å². The highest BCUT2D eigenvalue weighted by molar-refractivity contribution is 5.87. The molecule has 1 aromatic carbocycles. The molecule has 2 aliphatic carbocycles. The van der Waals surface area contributed by atoms with Gasteiger partial charge in [0.05, 0.1) is 0 Å². The van der Waals surface area contributed by atoms with Crippen LogP contribution < -0.4 is 0 Å². The maximum absolute atomic E-state index is 3.60. The zero-order chi connectivity index (χ0) is 16.1. The molecule has 0 saturated heterocycles. The van der Waals surface area contributed by atoms with Gasteiger partial charge < -0.3 is 0 Å². The van der Waals surface area contributed by atoms with Crippen LogP contribution in [0.4, 0.5) is 0 Å². The third-order valence-electron chi connectivity index (χ3n) is 5.60. The van der Waals surface area contributed by atoms with E-state index in [2.05, 4.69) is 78.0 Å². The SMILES string of the molecule is CC1=C(C)C(C)(C)C(C2=CC[C]=C2c2ccccc2C)=C1C. The fourth-order valence-corrected chi connectivity index (χ4v) is 3.91. The minimum absolute atomic E-state index is 0.111. The first-order chi connectivity index (χ1) is 10.4. The zero-order valence-corrected chi connectivity index (χ0v) is 14.6. The number of benzene rings is 1. The largest absolute Gasteiger partial charge is 0.0719 e. The van der Waals surface area contributed by atoms with Crippen LogP contribution in [0.3, 0.4) is 0 Å². The second-order valence-electron chi connectivity index (χ2n) is 7.06. The van der Waals surface area contributed by atoms with Gasteiger partial charge in [0.25, 0.3) is 0 Å². The van der Waals surface area contributed by atoms with E-state index in [1.54, 1.807) is 0 Å². The van der Waals surface area contributed by atoms with Crippen molar-refractivity contribution in [1.29, 1.82) is 0 Å². The quantitative estimate of drug-likeness (QED) is 0.607. The topological polar surface area (TPSA) is 0 Å². The first-order valence-corrected chi connectivity index (χ1v) is 8.13. The molecule has 0 unspecified atom stereocenters. The summed E-state index contributed by atoms with van der Waals surface area (Å²) in [4.78, 5) is 0. The average molecular weight is 289 g/mol. The lowest BCUT2D eigenvalue weighted by Crippen LogP contribution is -2.15. The molecule has 113 valence electrons. The normalized spacial score (nSPS) is 20.6. The molecule has 1 aromatic rings. The monoisotopic (exact) mass is 289 g/mol. The van der Waals surface area contributed by atoms with Crippen LogP contribution in [-0.2, 0) is 0 Å². The van der Waals surface area contributed by atoms with Crippen molar-refractivity contribution in [3.8, 4) is 0 Å². The summed E-state index contributed by atoms with van der Waals surface area (Å²) in [6.07, 6.45) is 6.88. The summed E-state index contributed by atoms with van der Waals surface area (Å²) in [5, 5.41) is 0. The van der Waals surface area contributed by atoms with E-state index in [-0.39, 0.29) is 5.41 Å². The van der Waals surface area contributed by atoms with Gasteiger partial charge in [0, 0.05) is 5.41 Å². The van der Waals surface area contributed by atoms with Gasteiger partial charge in [-0.25, -0.2) is 0 Å². The minimum atomic E-state index is 0.111. The lowest BCUT2D eigenvalue weighted by molar-refractivity contribution is 0.557. The van der Waals surface area contributed by atoms with E-state index in [9.17, 15) is 0 Å². The molecule has 3 rings (SSSR count). The molecule has 0 nitrogen and oxygen atoms in total. The molecular formula is C22H25. The minimum Gasteiger partial charge on any atom is -0.0719 e. The highest BCUT2D eigenvalue weighted by Gasteiger charge is 2.37. The van der Waals surface area contributed by atoms with Crippen LogP contribution in [0.1, 0.15) is 52.2 Å². The molecule has 0 amide bonds. The molecule has 0 bridgehead atoms. The van der Waals surface area contributed by atoms with Gasteiger partial charge in [-0.15, -0.1) is 0 Å². The molecule has 0 aliphatic heterocycles. The van der Waals surface area contributed by atoms with Crippen LogP contribution in [0.5, 0.6) is 0 Å². The number of rotatable bonds is 2. The van der Waals surface area contributed by atoms with Crippen LogP contribution >= 0.6 is 0 Å². The summed E-state index contributed by atoms with van der Waals surface area (Å²) >= 11 is 0. The lowest BCUT2D eigenvalue weighted by Gasteiger charge is -2.28. The average Bonchev–Trinajstić information content (AvgIpc) is 2.99. The summed E-state index contributed by atoms with van der Waals surface area (Å²) < 4.78 is 0. The lowest BCUT2D eigenvalue weighted by atomic mass is 9.75. The van der Waals surface area contributed by atoms with Crippen LogP contribution in [0.2, 0.25) is 0 Å². The Morgan fingerprint density at radius 1 is 0.955 bits per heavy atom. The van der Waals surface area contributed by atoms with Crippen LogP contribution in [0.25, 0.3) is 5.57 Å². The Bertz CT molecular complexity index is 761. The van der Waals surface area contributed by atoms with Gasteiger partial charge in [-0.2, -0.15) is 0 Å². The third kappa shape index (κ3) is 2.05.